The molecular formula is C24H27N5O2S. The Labute approximate surface area is 190 Å². The monoisotopic (exact) mass is 449 g/mol. The lowest BCUT2D eigenvalue weighted by Crippen LogP contribution is -2.28. The van der Waals surface area contributed by atoms with E-state index < -0.39 is 0 Å². The zero-order valence-electron chi connectivity index (χ0n) is 18.7. The van der Waals surface area contributed by atoms with E-state index in [4.69, 9.17) is 0 Å². The molecule has 2 aromatic heterocycles. The van der Waals surface area contributed by atoms with Crippen molar-refractivity contribution in [1.29, 1.82) is 0 Å². The van der Waals surface area contributed by atoms with Crippen molar-refractivity contribution >= 4 is 34.3 Å². The minimum Gasteiger partial charge on any atom is -0.355 e. The molecular weight excluding hydrogens is 422 g/mol. The van der Waals surface area contributed by atoms with Crippen molar-refractivity contribution in [3.8, 4) is 5.69 Å². The molecule has 0 fully saturated rings. The molecule has 0 aliphatic rings. The first-order valence-electron chi connectivity index (χ1n) is 10.8. The Hall–Kier alpha value is -3.13. The normalized spacial score (nSPS) is 11.7. The highest BCUT2D eigenvalue weighted by Gasteiger charge is 2.20. The summed E-state index contributed by atoms with van der Waals surface area (Å²) in [6.07, 6.45) is 0. The number of aromatic nitrogens is 4. The second-order valence-electron chi connectivity index (χ2n) is 8.48. The number of rotatable bonds is 7. The van der Waals surface area contributed by atoms with E-state index in [1.54, 1.807) is 4.57 Å². The molecule has 0 aliphatic carbocycles. The van der Waals surface area contributed by atoms with Crippen molar-refractivity contribution in [2.45, 2.75) is 38.8 Å². The molecule has 0 radical (unpaired) electrons. The number of hydrogen-bond acceptors (Lipinski definition) is 5. The first kappa shape index (κ1) is 22.1. The van der Waals surface area contributed by atoms with Gasteiger partial charge in [-0.3, -0.25) is 14.0 Å². The van der Waals surface area contributed by atoms with Crippen LogP contribution in [-0.2, 0) is 4.79 Å². The van der Waals surface area contributed by atoms with E-state index in [0.29, 0.717) is 28.8 Å². The molecule has 7 nitrogen and oxygen atoms in total. The summed E-state index contributed by atoms with van der Waals surface area (Å²) >= 11 is 1.31. The van der Waals surface area contributed by atoms with Crippen molar-refractivity contribution in [3.63, 3.8) is 0 Å². The lowest BCUT2D eigenvalue weighted by molar-refractivity contribution is -0.118. The number of nitrogens with one attached hydrogen (secondary N) is 1. The molecule has 8 heteroatoms. The zero-order valence-corrected chi connectivity index (χ0v) is 19.5. The number of amides is 1. The topological polar surface area (TPSA) is 81.3 Å². The molecule has 2 heterocycles. The van der Waals surface area contributed by atoms with Gasteiger partial charge < -0.3 is 5.32 Å². The van der Waals surface area contributed by atoms with Crippen LogP contribution in [-0.4, -0.2) is 37.4 Å². The Balaban J connectivity index is 1.87. The third kappa shape index (κ3) is 4.14. The van der Waals surface area contributed by atoms with Crippen LogP contribution in [0.5, 0.6) is 0 Å². The standard InChI is InChI=1S/C24H27N5O2S/c1-15(2)13-25-21(30)14-32-24-27-26-23-28(19-11-7-5-9-17(19)16(3)4)22(31)18-10-6-8-12-20(18)29(23)24/h5-12,15-16H,13-14H2,1-4H3,(H,25,30). The fourth-order valence-corrected chi connectivity index (χ4v) is 4.44. The number of para-hydroxylation sites is 2. The van der Waals surface area contributed by atoms with Crippen LogP contribution in [0.3, 0.4) is 0 Å². The summed E-state index contributed by atoms with van der Waals surface area (Å²) in [7, 11) is 0. The van der Waals surface area contributed by atoms with Gasteiger partial charge in [-0.15, -0.1) is 10.2 Å². The van der Waals surface area contributed by atoms with Gasteiger partial charge in [0, 0.05) is 6.54 Å². The highest BCUT2D eigenvalue weighted by molar-refractivity contribution is 7.99. The maximum Gasteiger partial charge on any atom is 0.267 e. The number of benzene rings is 2. The van der Waals surface area contributed by atoms with Crippen LogP contribution in [0.25, 0.3) is 22.4 Å². The molecule has 0 atom stereocenters. The highest BCUT2D eigenvalue weighted by Crippen LogP contribution is 2.26. The number of carbonyl (C=O) groups excluding carboxylic acids is 1. The van der Waals surface area contributed by atoms with E-state index in [-0.39, 0.29) is 23.1 Å². The summed E-state index contributed by atoms with van der Waals surface area (Å²) in [5.41, 5.74) is 2.43. The Morgan fingerprint density at radius 3 is 2.50 bits per heavy atom. The van der Waals surface area contributed by atoms with Crippen LogP contribution in [0.4, 0.5) is 0 Å². The van der Waals surface area contributed by atoms with Crippen molar-refractivity contribution in [3.05, 3.63) is 64.4 Å². The number of carbonyl (C=O) groups is 1. The molecule has 2 aromatic carbocycles. The fraction of sp³-hybridized carbons (Fsp3) is 0.333. The Bertz CT molecular complexity index is 1340. The third-order valence-electron chi connectivity index (χ3n) is 5.23. The van der Waals surface area contributed by atoms with Gasteiger partial charge in [-0.1, -0.05) is 69.8 Å². The SMILES string of the molecule is CC(C)CNC(=O)CSc1nnc2n(-c3ccccc3C(C)C)c(=O)c3ccccc3n12. The van der Waals surface area contributed by atoms with Gasteiger partial charge in [-0.25, -0.2) is 4.57 Å². The molecule has 4 rings (SSSR count). The first-order chi connectivity index (χ1) is 15.4. The molecule has 0 saturated carbocycles. The summed E-state index contributed by atoms with van der Waals surface area (Å²) in [5.74, 6) is 1.22. The average molecular weight is 450 g/mol. The summed E-state index contributed by atoms with van der Waals surface area (Å²) in [5, 5.41) is 12.8. The van der Waals surface area contributed by atoms with Gasteiger partial charge in [0.15, 0.2) is 5.16 Å². The largest absolute Gasteiger partial charge is 0.355 e. The summed E-state index contributed by atoms with van der Waals surface area (Å²) in [4.78, 5) is 25.8. The van der Waals surface area contributed by atoms with Gasteiger partial charge in [0.05, 0.1) is 22.3 Å². The third-order valence-corrected chi connectivity index (χ3v) is 6.16. The summed E-state index contributed by atoms with van der Waals surface area (Å²) < 4.78 is 3.50. The minimum absolute atomic E-state index is 0.0526. The van der Waals surface area contributed by atoms with Gasteiger partial charge in [0.2, 0.25) is 11.7 Å². The lowest BCUT2D eigenvalue weighted by Gasteiger charge is -2.16. The summed E-state index contributed by atoms with van der Waals surface area (Å²) in [6.45, 7) is 8.94. The smallest absolute Gasteiger partial charge is 0.267 e. The molecule has 4 aromatic rings. The molecule has 1 amide bonds. The number of hydrogen-bond donors (Lipinski definition) is 1. The fourth-order valence-electron chi connectivity index (χ4n) is 3.67. The molecule has 1 N–H and O–H groups in total. The van der Waals surface area contributed by atoms with Crippen LogP contribution in [0.15, 0.2) is 58.5 Å². The van der Waals surface area contributed by atoms with Crippen LogP contribution < -0.4 is 10.9 Å². The van der Waals surface area contributed by atoms with Crippen LogP contribution in [0, 0.1) is 5.92 Å². The zero-order chi connectivity index (χ0) is 22.8. The van der Waals surface area contributed by atoms with Gasteiger partial charge in [-0.2, -0.15) is 0 Å². The van der Waals surface area contributed by atoms with Gasteiger partial charge in [-0.05, 0) is 35.6 Å². The van der Waals surface area contributed by atoms with Gasteiger partial charge in [0.25, 0.3) is 5.56 Å². The van der Waals surface area contributed by atoms with Crippen LogP contribution in [0.1, 0.15) is 39.2 Å². The molecule has 0 bridgehead atoms. The van der Waals surface area contributed by atoms with Crippen LogP contribution >= 0.6 is 11.8 Å². The second-order valence-corrected chi connectivity index (χ2v) is 9.42. The quantitative estimate of drug-likeness (QED) is 0.431. The summed E-state index contributed by atoms with van der Waals surface area (Å²) in [6, 6.07) is 15.3. The van der Waals surface area contributed by atoms with E-state index in [9.17, 15) is 9.59 Å². The maximum atomic E-state index is 13.6. The van der Waals surface area contributed by atoms with Gasteiger partial charge in [0.1, 0.15) is 0 Å². The lowest BCUT2D eigenvalue weighted by atomic mass is 10.0. The number of thioether (sulfide) groups is 1. The molecule has 32 heavy (non-hydrogen) atoms. The average Bonchev–Trinajstić information content (AvgIpc) is 3.20. The number of fused-ring (bicyclic) bond motifs is 3. The van der Waals surface area contributed by atoms with Crippen molar-refractivity contribution in [2.24, 2.45) is 5.92 Å². The Morgan fingerprint density at radius 1 is 1.03 bits per heavy atom. The van der Waals surface area contributed by atoms with E-state index >= 15 is 0 Å². The van der Waals surface area contributed by atoms with E-state index in [1.807, 2.05) is 52.9 Å². The molecule has 0 aliphatic heterocycles. The maximum absolute atomic E-state index is 13.6. The van der Waals surface area contributed by atoms with Crippen molar-refractivity contribution < 1.29 is 4.79 Å². The van der Waals surface area contributed by atoms with E-state index in [0.717, 1.165) is 16.8 Å². The minimum atomic E-state index is -0.139. The first-order valence-corrected chi connectivity index (χ1v) is 11.7. The predicted molar refractivity (Wildman–Crippen MR) is 129 cm³/mol. The van der Waals surface area contributed by atoms with Gasteiger partial charge >= 0.3 is 0 Å². The molecule has 0 spiro atoms. The van der Waals surface area contributed by atoms with Crippen molar-refractivity contribution in [2.75, 3.05) is 12.3 Å². The Kier molecular flexibility index (Phi) is 6.32. The van der Waals surface area contributed by atoms with E-state index in [1.165, 1.54) is 11.8 Å². The molecule has 0 unspecified atom stereocenters. The second kappa shape index (κ2) is 9.16. The number of nitrogens with zero attached hydrogens (tertiary/aromatic N) is 4. The van der Waals surface area contributed by atoms with Crippen LogP contribution in [0.2, 0.25) is 0 Å². The molecule has 0 saturated heterocycles. The van der Waals surface area contributed by atoms with Crippen molar-refractivity contribution in [1.82, 2.24) is 24.5 Å². The highest BCUT2D eigenvalue weighted by atomic mass is 32.2. The predicted octanol–water partition coefficient (Wildman–Crippen LogP) is 4.02. The Morgan fingerprint density at radius 2 is 1.75 bits per heavy atom. The van der Waals surface area contributed by atoms with E-state index in [2.05, 4.69) is 43.2 Å². The molecule has 166 valence electrons.